The molecule has 1 aromatic carbocycles. The predicted octanol–water partition coefficient (Wildman–Crippen LogP) is 3.31. The van der Waals surface area contributed by atoms with Gasteiger partial charge in [-0.25, -0.2) is 4.39 Å². The van der Waals surface area contributed by atoms with Crippen molar-refractivity contribution in [1.82, 2.24) is 0 Å². The van der Waals surface area contributed by atoms with Crippen molar-refractivity contribution in [1.29, 1.82) is 0 Å². The molecular weight excluding hydrogens is 177 g/mol. The molecule has 0 unspecified atom stereocenters. The first-order chi connectivity index (χ1) is 6.38. The first-order valence-corrected chi connectivity index (χ1v) is 4.85. The van der Waals surface area contributed by atoms with Gasteiger partial charge in [0.15, 0.2) is 0 Å². The molecule has 0 radical (unpaired) electrons. The minimum atomic E-state index is -0.178. The molecule has 1 nitrogen and oxygen atoms in total. The van der Waals surface area contributed by atoms with Crippen LogP contribution in [0.5, 0.6) is 0 Å². The highest BCUT2D eigenvalue weighted by atomic mass is 19.1. The fraction of sp³-hybridized carbons (Fsp3) is 0.500. The third kappa shape index (κ3) is 3.36. The van der Waals surface area contributed by atoms with Gasteiger partial charge in [0.1, 0.15) is 5.82 Å². The predicted molar refractivity (Wildman–Crippen MR) is 59.1 cm³/mol. The number of halogens is 1. The van der Waals surface area contributed by atoms with Gasteiger partial charge in [0.25, 0.3) is 0 Å². The smallest absolute Gasteiger partial charge is 0.125 e. The molecule has 0 atom stereocenters. The Morgan fingerprint density at radius 2 is 1.93 bits per heavy atom. The normalized spacial score (nSPS) is 11.5. The van der Waals surface area contributed by atoms with Gasteiger partial charge in [-0.2, -0.15) is 0 Å². The molecule has 0 aliphatic heterocycles. The summed E-state index contributed by atoms with van der Waals surface area (Å²) in [6, 6.07) is 6.69. The maximum absolute atomic E-state index is 12.9. The zero-order valence-corrected chi connectivity index (χ0v) is 9.34. The van der Waals surface area contributed by atoms with Crippen LogP contribution < -0.4 is 4.90 Å². The van der Waals surface area contributed by atoms with E-state index in [1.165, 1.54) is 6.07 Å². The fourth-order valence-electron chi connectivity index (χ4n) is 1.52. The van der Waals surface area contributed by atoms with Crippen molar-refractivity contribution in [3.63, 3.8) is 0 Å². The molecule has 0 aliphatic carbocycles. The van der Waals surface area contributed by atoms with Gasteiger partial charge in [-0.1, -0.05) is 26.8 Å². The highest BCUT2D eigenvalue weighted by Gasteiger charge is 2.13. The first-order valence-electron chi connectivity index (χ1n) is 4.85. The van der Waals surface area contributed by atoms with E-state index in [0.29, 0.717) is 0 Å². The standard InChI is InChI=1S/C12H18FN/c1-12(2,3)9-14(4)11-7-5-6-10(13)8-11/h5-8H,9H2,1-4H3. The summed E-state index contributed by atoms with van der Waals surface area (Å²) in [5.74, 6) is -0.178. The lowest BCUT2D eigenvalue weighted by Gasteiger charge is -2.28. The second-order valence-corrected chi connectivity index (χ2v) is 4.90. The summed E-state index contributed by atoms with van der Waals surface area (Å²) < 4.78 is 12.9. The minimum Gasteiger partial charge on any atom is -0.374 e. The average molecular weight is 195 g/mol. The Labute approximate surface area is 85.5 Å². The van der Waals surface area contributed by atoms with Crippen molar-refractivity contribution in [2.75, 3.05) is 18.5 Å². The van der Waals surface area contributed by atoms with Gasteiger partial charge in [-0.05, 0) is 23.6 Å². The number of hydrogen-bond donors (Lipinski definition) is 0. The number of hydrogen-bond acceptors (Lipinski definition) is 1. The summed E-state index contributed by atoms with van der Waals surface area (Å²) >= 11 is 0. The molecular formula is C12H18FN. The second kappa shape index (κ2) is 3.99. The zero-order chi connectivity index (χ0) is 10.8. The highest BCUT2D eigenvalue weighted by molar-refractivity contribution is 5.45. The van der Waals surface area contributed by atoms with Gasteiger partial charge < -0.3 is 4.90 Å². The molecule has 0 spiro atoms. The average Bonchev–Trinajstić information content (AvgIpc) is 2.01. The molecule has 0 aromatic heterocycles. The lowest BCUT2D eigenvalue weighted by atomic mass is 9.96. The van der Waals surface area contributed by atoms with Crippen LogP contribution in [0.4, 0.5) is 10.1 Å². The Morgan fingerprint density at radius 3 is 2.43 bits per heavy atom. The summed E-state index contributed by atoms with van der Waals surface area (Å²) in [5.41, 5.74) is 1.15. The molecule has 78 valence electrons. The van der Waals surface area contributed by atoms with Gasteiger partial charge in [0.2, 0.25) is 0 Å². The molecule has 0 bridgehead atoms. The molecule has 0 amide bonds. The molecule has 0 N–H and O–H groups in total. The van der Waals surface area contributed by atoms with Crippen LogP contribution in [-0.4, -0.2) is 13.6 Å². The molecule has 2 heteroatoms. The highest BCUT2D eigenvalue weighted by Crippen LogP contribution is 2.20. The van der Waals surface area contributed by atoms with Crippen LogP contribution in [0.25, 0.3) is 0 Å². The van der Waals surface area contributed by atoms with E-state index in [1.54, 1.807) is 12.1 Å². The summed E-state index contributed by atoms with van der Waals surface area (Å²) in [6.07, 6.45) is 0. The maximum atomic E-state index is 12.9. The SMILES string of the molecule is CN(CC(C)(C)C)c1cccc(F)c1. The molecule has 0 saturated carbocycles. The van der Waals surface area contributed by atoms with Crippen molar-refractivity contribution in [2.45, 2.75) is 20.8 Å². The summed E-state index contributed by atoms with van der Waals surface area (Å²) in [7, 11) is 1.99. The number of anilines is 1. The fourth-order valence-corrected chi connectivity index (χ4v) is 1.52. The Balaban J connectivity index is 2.74. The number of rotatable bonds is 2. The van der Waals surface area contributed by atoms with E-state index in [0.717, 1.165) is 12.2 Å². The van der Waals surface area contributed by atoms with Crippen LogP contribution >= 0.6 is 0 Å². The lowest BCUT2D eigenvalue weighted by Crippen LogP contribution is -2.29. The molecule has 0 heterocycles. The topological polar surface area (TPSA) is 3.24 Å². The Bertz CT molecular complexity index is 301. The third-order valence-corrected chi connectivity index (χ3v) is 1.96. The van der Waals surface area contributed by atoms with Crippen LogP contribution in [0.15, 0.2) is 24.3 Å². The molecule has 1 rings (SSSR count). The van der Waals surface area contributed by atoms with E-state index in [2.05, 4.69) is 25.7 Å². The van der Waals surface area contributed by atoms with Gasteiger partial charge in [0.05, 0.1) is 0 Å². The molecule has 0 aliphatic rings. The minimum absolute atomic E-state index is 0.178. The van der Waals surface area contributed by atoms with Crippen LogP contribution in [0.1, 0.15) is 20.8 Å². The van der Waals surface area contributed by atoms with Crippen molar-refractivity contribution in [3.05, 3.63) is 30.1 Å². The van der Waals surface area contributed by atoms with E-state index in [4.69, 9.17) is 0 Å². The van der Waals surface area contributed by atoms with Crippen LogP contribution in [0.2, 0.25) is 0 Å². The Kier molecular flexibility index (Phi) is 3.14. The van der Waals surface area contributed by atoms with Crippen LogP contribution in [0, 0.1) is 11.2 Å². The summed E-state index contributed by atoms with van der Waals surface area (Å²) in [4.78, 5) is 2.07. The van der Waals surface area contributed by atoms with E-state index < -0.39 is 0 Å². The van der Waals surface area contributed by atoms with Crippen molar-refractivity contribution < 1.29 is 4.39 Å². The molecule has 0 saturated heterocycles. The Morgan fingerprint density at radius 1 is 1.29 bits per heavy atom. The largest absolute Gasteiger partial charge is 0.374 e. The molecule has 0 fully saturated rings. The van der Waals surface area contributed by atoms with Gasteiger partial charge in [-0.15, -0.1) is 0 Å². The zero-order valence-electron chi connectivity index (χ0n) is 9.34. The summed E-state index contributed by atoms with van der Waals surface area (Å²) in [6.45, 7) is 7.42. The van der Waals surface area contributed by atoms with Crippen molar-refractivity contribution in [3.8, 4) is 0 Å². The first kappa shape index (κ1) is 11.0. The van der Waals surface area contributed by atoms with Crippen molar-refractivity contribution >= 4 is 5.69 Å². The van der Waals surface area contributed by atoms with Crippen LogP contribution in [-0.2, 0) is 0 Å². The van der Waals surface area contributed by atoms with E-state index >= 15 is 0 Å². The third-order valence-electron chi connectivity index (χ3n) is 1.96. The number of benzene rings is 1. The van der Waals surface area contributed by atoms with E-state index in [-0.39, 0.29) is 11.2 Å². The number of nitrogens with zero attached hydrogens (tertiary/aromatic N) is 1. The van der Waals surface area contributed by atoms with Crippen LogP contribution in [0.3, 0.4) is 0 Å². The quantitative estimate of drug-likeness (QED) is 0.699. The second-order valence-electron chi connectivity index (χ2n) is 4.90. The summed E-state index contributed by atoms with van der Waals surface area (Å²) in [5, 5.41) is 0. The van der Waals surface area contributed by atoms with Gasteiger partial charge in [0, 0.05) is 19.3 Å². The van der Waals surface area contributed by atoms with Gasteiger partial charge >= 0.3 is 0 Å². The molecule has 1 aromatic rings. The maximum Gasteiger partial charge on any atom is 0.125 e. The van der Waals surface area contributed by atoms with E-state index in [9.17, 15) is 4.39 Å². The van der Waals surface area contributed by atoms with Crippen molar-refractivity contribution in [2.24, 2.45) is 5.41 Å². The Hall–Kier alpha value is -1.05. The van der Waals surface area contributed by atoms with Gasteiger partial charge in [-0.3, -0.25) is 0 Å². The van der Waals surface area contributed by atoms with E-state index in [1.807, 2.05) is 13.1 Å². The molecule has 14 heavy (non-hydrogen) atoms. The monoisotopic (exact) mass is 195 g/mol. The lowest BCUT2D eigenvalue weighted by molar-refractivity contribution is 0.418.